The lowest BCUT2D eigenvalue weighted by molar-refractivity contribution is -0.137. The fourth-order valence-corrected chi connectivity index (χ4v) is 4.22. The predicted octanol–water partition coefficient (Wildman–Crippen LogP) is 7.24. The number of aromatic nitrogens is 2. The molecule has 2 aromatic carbocycles. The van der Waals surface area contributed by atoms with Crippen LogP contribution in [0.1, 0.15) is 42.7 Å². The molecule has 3 aromatic rings. The molecule has 4 nitrogen and oxygen atoms in total. The van der Waals surface area contributed by atoms with Gasteiger partial charge in [-0.15, -0.1) is 0 Å². The Morgan fingerprint density at radius 1 is 0.933 bits per heavy atom. The maximum absolute atomic E-state index is 13.4. The largest absolute Gasteiger partial charge is 0.421 e. The molecule has 0 amide bonds. The van der Waals surface area contributed by atoms with Gasteiger partial charge in [-0.25, -0.2) is 4.98 Å². The van der Waals surface area contributed by atoms with Crippen LogP contribution in [0.5, 0.6) is 0 Å². The van der Waals surface area contributed by atoms with Crippen LogP contribution in [0, 0.1) is 3.57 Å². The van der Waals surface area contributed by atoms with E-state index in [1.54, 1.807) is 18.2 Å². The molecule has 0 unspecified atom stereocenters. The van der Waals surface area contributed by atoms with E-state index in [2.05, 4.69) is 55.3 Å². The normalized spacial score (nSPS) is 14.7. The van der Waals surface area contributed by atoms with E-state index in [9.17, 15) is 13.2 Å². The molecule has 1 saturated carbocycles. The fraction of sp³-hybridized carbons (Fsp3) is 0.273. The number of benzene rings is 2. The summed E-state index contributed by atoms with van der Waals surface area (Å²) in [5.41, 5.74) is 1.64. The van der Waals surface area contributed by atoms with E-state index in [0.29, 0.717) is 11.6 Å². The van der Waals surface area contributed by atoms with Crippen molar-refractivity contribution in [1.29, 1.82) is 0 Å². The summed E-state index contributed by atoms with van der Waals surface area (Å²) in [6.07, 6.45) is 1.19. The zero-order valence-electron chi connectivity index (χ0n) is 16.0. The lowest BCUT2D eigenvalue weighted by Crippen LogP contribution is -2.12. The lowest BCUT2D eigenvalue weighted by Gasteiger charge is -2.15. The Balaban J connectivity index is 1.57. The predicted molar refractivity (Wildman–Crippen MR) is 120 cm³/mol. The lowest BCUT2D eigenvalue weighted by atomic mass is 9.98. The number of nitrogens with one attached hydrogen (secondary N) is 2. The molecule has 156 valence electrons. The average molecular weight is 524 g/mol. The Morgan fingerprint density at radius 3 is 2.33 bits per heavy atom. The minimum Gasteiger partial charge on any atom is -0.340 e. The van der Waals surface area contributed by atoms with Gasteiger partial charge in [-0.1, -0.05) is 31.0 Å². The van der Waals surface area contributed by atoms with Crippen molar-refractivity contribution in [2.45, 2.75) is 37.8 Å². The summed E-state index contributed by atoms with van der Waals surface area (Å²) in [5, 5.41) is 5.78. The Hall–Kier alpha value is -2.36. The van der Waals surface area contributed by atoms with Gasteiger partial charge < -0.3 is 10.6 Å². The first-order valence-electron chi connectivity index (χ1n) is 9.72. The first kappa shape index (κ1) is 20.9. The molecule has 1 fully saturated rings. The summed E-state index contributed by atoms with van der Waals surface area (Å²) in [6.45, 7) is 0. The molecule has 1 heterocycles. The molecule has 1 aromatic heterocycles. The van der Waals surface area contributed by atoms with Crippen LogP contribution >= 0.6 is 22.6 Å². The van der Waals surface area contributed by atoms with E-state index in [-0.39, 0.29) is 11.8 Å². The van der Waals surface area contributed by atoms with Crippen LogP contribution in [0.4, 0.5) is 36.3 Å². The highest BCUT2D eigenvalue weighted by molar-refractivity contribution is 14.1. The highest BCUT2D eigenvalue weighted by Crippen LogP contribution is 2.36. The summed E-state index contributed by atoms with van der Waals surface area (Å²) in [5.74, 6) is 0.417. The summed E-state index contributed by atoms with van der Waals surface area (Å²) in [6, 6.07) is 15.0. The van der Waals surface area contributed by atoms with E-state index >= 15 is 0 Å². The summed E-state index contributed by atoms with van der Waals surface area (Å²) < 4.78 is 41.2. The second kappa shape index (κ2) is 8.79. The van der Waals surface area contributed by atoms with Gasteiger partial charge in [0.15, 0.2) is 0 Å². The van der Waals surface area contributed by atoms with Crippen molar-refractivity contribution >= 4 is 45.7 Å². The molecule has 2 N–H and O–H groups in total. The fourth-order valence-electron chi connectivity index (χ4n) is 3.67. The van der Waals surface area contributed by atoms with Crippen LogP contribution < -0.4 is 10.6 Å². The quantitative estimate of drug-likeness (QED) is 0.346. The molecular weight excluding hydrogens is 504 g/mol. The highest BCUT2D eigenvalue weighted by Gasteiger charge is 2.35. The van der Waals surface area contributed by atoms with Crippen LogP contribution in [-0.4, -0.2) is 9.97 Å². The van der Waals surface area contributed by atoms with Crippen molar-refractivity contribution in [3.05, 3.63) is 69.4 Å². The second-order valence-electron chi connectivity index (χ2n) is 7.32. The van der Waals surface area contributed by atoms with Gasteiger partial charge in [0.25, 0.3) is 0 Å². The zero-order valence-corrected chi connectivity index (χ0v) is 18.2. The standard InChI is InChI=1S/C22H20F3IN4/c23-22(24,25)19-13-27-21(30-20(19)28-18-7-3-6-16(26)12-18)29-17-10-8-15(9-11-17)14-4-1-2-5-14/h3,6-14H,1-2,4-5H2,(H2,27,28,29,30). The van der Waals surface area contributed by atoms with Gasteiger partial charge in [0, 0.05) is 21.1 Å². The van der Waals surface area contributed by atoms with Crippen LogP contribution in [0.25, 0.3) is 0 Å². The van der Waals surface area contributed by atoms with Gasteiger partial charge in [-0.2, -0.15) is 18.2 Å². The summed E-state index contributed by atoms with van der Waals surface area (Å²) in [4.78, 5) is 7.98. The Bertz CT molecular complexity index is 1020. The second-order valence-corrected chi connectivity index (χ2v) is 8.56. The molecular formula is C22H20F3IN4. The molecule has 0 saturated heterocycles. The zero-order chi connectivity index (χ0) is 21.1. The van der Waals surface area contributed by atoms with Crippen LogP contribution in [0.3, 0.4) is 0 Å². The van der Waals surface area contributed by atoms with Crippen LogP contribution in [0.2, 0.25) is 0 Å². The molecule has 0 bridgehead atoms. The van der Waals surface area contributed by atoms with Gasteiger partial charge in [0.2, 0.25) is 5.95 Å². The van der Waals surface area contributed by atoms with Crippen molar-refractivity contribution < 1.29 is 13.2 Å². The minimum atomic E-state index is -4.56. The first-order valence-corrected chi connectivity index (χ1v) is 10.8. The smallest absolute Gasteiger partial charge is 0.340 e. The number of halogens is 4. The molecule has 8 heteroatoms. The van der Waals surface area contributed by atoms with Crippen molar-refractivity contribution in [2.24, 2.45) is 0 Å². The average Bonchev–Trinajstić information content (AvgIpc) is 3.23. The molecule has 0 radical (unpaired) electrons. The number of rotatable bonds is 5. The Labute approximate surface area is 186 Å². The third kappa shape index (κ3) is 5.03. The Kier molecular flexibility index (Phi) is 6.12. The minimum absolute atomic E-state index is 0.102. The van der Waals surface area contributed by atoms with Crippen molar-refractivity contribution in [2.75, 3.05) is 10.6 Å². The van der Waals surface area contributed by atoms with Gasteiger partial charge >= 0.3 is 6.18 Å². The maximum atomic E-state index is 13.4. The van der Waals surface area contributed by atoms with E-state index in [1.807, 2.05) is 18.2 Å². The molecule has 4 rings (SSSR count). The van der Waals surface area contributed by atoms with E-state index < -0.39 is 11.7 Å². The van der Waals surface area contributed by atoms with Crippen molar-refractivity contribution in [3.63, 3.8) is 0 Å². The van der Waals surface area contributed by atoms with Gasteiger partial charge in [0.1, 0.15) is 11.4 Å². The molecule has 0 atom stereocenters. The monoisotopic (exact) mass is 524 g/mol. The molecule has 30 heavy (non-hydrogen) atoms. The summed E-state index contributed by atoms with van der Waals surface area (Å²) >= 11 is 2.10. The molecule has 1 aliphatic rings. The van der Waals surface area contributed by atoms with Gasteiger partial charge in [0.05, 0.1) is 0 Å². The van der Waals surface area contributed by atoms with E-state index in [0.717, 1.165) is 15.5 Å². The van der Waals surface area contributed by atoms with Crippen molar-refractivity contribution in [3.8, 4) is 0 Å². The first-order chi connectivity index (χ1) is 14.4. The van der Waals surface area contributed by atoms with Gasteiger partial charge in [-0.3, -0.25) is 0 Å². The number of hydrogen-bond acceptors (Lipinski definition) is 4. The molecule has 1 aliphatic carbocycles. The SMILES string of the molecule is FC(F)(F)c1cnc(Nc2ccc(C3CCCC3)cc2)nc1Nc1cccc(I)c1. The highest BCUT2D eigenvalue weighted by atomic mass is 127. The van der Waals surface area contributed by atoms with Crippen LogP contribution in [0.15, 0.2) is 54.7 Å². The number of anilines is 4. The molecule has 0 spiro atoms. The van der Waals surface area contributed by atoms with Gasteiger partial charge in [-0.05, 0) is 77.2 Å². The summed E-state index contributed by atoms with van der Waals surface area (Å²) in [7, 11) is 0. The maximum Gasteiger partial charge on any atom is 0.421 e. The topological polar surface area (TPSA) is 49.8 Å². The number of alkyl halides is 3. The van der Waals surface area contributed by atoms with Crippen LogP contribution in [-0.2, 0) is 6.18 Å². The third-order valence-corrected chi connectivity index (χ3v) is 5.85. The van der Waals surface area contributed by atoms with E-state index in [1.165, 1.54) is 31.2 Å². The Morgan fingerprint density at radius 2 is 1.67 bits per heavy atom. The third-order valence-electron chi connectivity index (χ3n) is 5.17. The molecule has 0 aliphatic heterocycles. The number of nitrogens with zero attached hydrogens (tertiary/aromatic N) is 2. The van der Waals surface area contributed by atoms with E-state index in [4.69, 9.17) is 0 Å². The number of hydrogen-bond donors (Lipinski definition) is 2. The van der Waals surface area contributed by atoms with Crippen molar-refractivity contribution in [1.82, 2.24) is 9.97 Å².